The maximum absolute atomic E-state index is 11.0. The average molecular weight is 242 g/mol. The molecule has 4 nitrogen and oxygen atoms in total. The summed E-state index contributed by atoms with van der Waals surface area (Å²) < 4.78 is 26.7. The zero-order valence-electron chi connectivity index (χ0n) is 8.88. The Hall–Kier alpha value is 0.566. The van der Waals surface area contributed by atoms with Crippen LogP contribution in [0.2, 0.25) is 0 Å². The first kappa shape index (κ1) is 14.6. The molecule has 1 aromatic rings. The third kappa shape index (κ3) is 5.45. The van der Waals surface area contributed by atoms with Crippen LogP contribution < -0.4 is 55.6 Å². The van der Waals surface area contributed by atoms with E-state index < -0.39 is 16.7 Å². The Morgan fingerprint density at radius 1 is 1.29 bits per heavy atom. The first-order valence-electron chi connectivity index (χ1n) is 3.72. The Bertz CT molecular complexity index is 354. The van der Waals surface area contributed by atoms with E-state index in [9.17, 15) is 8.42 Å². The molecular formula is C8H11KO4S. The summed E-state index contributed by atoms with van der Waals surface area (Å²) in [6.45, 7) is -0.435. The largest absolute Gasteiger partial charge is 1.00 e. The van der Waals surface area contributed by atoms with E-state index in [4.69, 9.17) is 5.11 Å². The summed E-state index contributed by atoms with van der Waals surface area (Å²) in [7, 11) is -3.63. The molecule has 14 heavy (non-hydrogen) atoms. The van der Waals surface area contributed by atoms with Crippen molar-refractivity contribution >= 4 is 10.1 Å². The number of hydrogen-bond donors (Lipinski definition) is 1. The zero-order valence-corrected chi connectivity index (χ0v) is 11.8. The maximum atomic E-state index is 11.0. The van der Waals surface area contributed by atoms with Crippen molar-refractivity contribution in [3.8, 4) is 5.75 Å². The number of hydrogen-bond acceptors (Lipinski definition) is 4. The molecule has 0 spiro atoms. The molecule has 0 aliphatic rings. The van der Waals surface area contributed by atoms with Gasteiger partial charge >= 0.3 is 61.5 Å². The molecule has 0 fully saturated rings. The van der Waals surface area contributed by atoms with Crippen LogP contribution >= 0.6 is 0 Å². The van der Waals surface area contributed by atoms with E-state index in [-0.39, 0.29) is 64.3 Å². The average Bonchev–Trinajstić information content (AvgIpc) is 2.04. The number of aliphatic hydroxyl groups is 1. The molecule has 74 valence electrons. The van der Waals surface area contributed by atoms with Crippen molar-refractivity contribution in [3.63, 3.8) is 0 Å². The molecule has 1 aromatic carbocycles. The van der Waals surface area contributed by atoms with Gasteiger partial charge in [-0.1, -0.05) is 18.2 Å². The van der Waals surface area contributed by atoms with Gasteiger partial charge < -0.3 is 10.7 Å². The van der Waals surface area contributed by atoms with E-state index in [0.29, 0.717) is 0 Å². The minimum atomic E-state index is -3.63. The second-order valence-corrected chi connectivity index (χ2v) is 4.07. The van der Waals surface area contributed by atoms with Crippen LogP contribution in [0.3, 0.4) is 0 Å². The van der Waals surface area contributed by atoms with Crippen molar-refractivity contribution in [2.75, 3.05) is 12.4 Å². The van der Waals surface area contributed by atoms with Gasteiger partial charge in [0.15, 0.2) is 0 Å². The Morgan fingerprint density at radius 3 is 2.36 bits per heavy atom. The van der Waals surface area contributed by atoms with Gasteiger partial charge in [-0.05, 0) is 12.1 Å². The Labute approximate surface area is 127 Å². The van der Waals surface area contributed by atoms with Gasteiger partial charge in [-0.3, -0.25) is 0 Å². The van der Waals surface area contributed by atoms with Crippen LogP contribution in [0.5, 0.6) is 5.75 Å². The molecule has 0 saturated heterocycles. The van der Waals surface area contributed by atoms with Crippen LogP contribution in [-0.2, 0) is 10.1 Å². The monoisotopic (exact) mass is 242 g/mol. The number of aliphatic hydroxyl groups excluding tert-OH is 1. The summed E-state index contributed by atoms with van der Waals surface area (Å²) >= 11 is 0. The van der Waals surface area contributed by atoms with Crippen LogP contribution in [0.1, 0.15) is 1.43 Å². The Morgan fingerprint density at radius 2 is 1.86 bits per heavy atom. The minimum absolute atomic E-state index is 0. The van der Waals surface area contributed by atoms with Crippen molar-refractivity contribution in [1.29, 1.82) is 0 Å². The number of benzene rings is 1. The van der Waals surface area contributed by atoms with Gasteiger partial charge in [0.2, 0.25) is 0 Å². The fourth-order valence-corrected chi connectivity index (χ4v) is 1.49. The van der Waals surface area contributed by atoms with Crippen LogP contribution in [0.25, 0.3) is 0 Å². The summed E-state index contributed by atoms with van der Waals surface area (Å²) in [4.78, 5) is 0. The van der Waals surface area contributed by atoms with Crippen LogP contribution in [0.4, 0.5) is 0 Å². The molecule has 0 heterocycles. The van der Waals surface area contributed by atoms with Crippen LogP contribution in [0.15, 0.2) is 30.3 Å². The quantitative estimate of drug-likeness (QED) is 0.468. The normalized spacial score (nSPS) is 10.4. The van der Waals surface area contributed by atoms with E-state index in [2.05, 4.69) is 4.18 Å². The van der Waals surface area contributed by atoms with Gasteiger partial charge in [0, 0.05) is 0 Å². The molecule has 0 radical (unpaired) electrons. The molecule has 0 unspecified atom stereocenters. The second-order valence-electron chi connectivity index (χ2n) is 2.38. The van der Waals surface area contributed by atoms with E-state index in [1.165, 1.54) is 12.1 Å². The number of para-hydroxylation sites is 1. The zero-order chi connectivity index (χ0) is 9.73. The molecule has 0 aromatic heterocycles. The van der Waals surface area contributed by atoms with E-state index in [1.54, 1.807) is 18.2 Å². The Kier molecular flexibility index (Phi) is 7.22. The van der Waals surface area contributed by atoms with Crippen molar-refractivity contribution < 1.29 is 70.5 Å². The van der Waals surface area contributed by atoms with Gasteiger partial charge in [0.05, 0.1) is 6.61 Å². The molecule has 1 N–H and O–H groups in total. The summed E-state index contributed by atoms with van der Waals surface area (Å²) in [6, 6.07) is 8.17. The van der Waals surface area contributed by atoms with Crippen LogP contribution in [-0.4, -0.2) is 25.9 Å². The topological polar surface area (TPSA) is 63.6 Å². The summed E-state index contributed by atoms with van der Waals surface area (Å²) in [5.41, 5.74) is 0. The van der Waals surface area contributed by atoms with Crippen LogP contribution in [0, 0.1) is 0 Å². The fourth-order valence-electron chi connectivity index (χ4n) is 0.776. The van der Waals surface area contributed by atoms with Gasteiger partial charge in [-0.2, -0.15) is 8.42 Å². The smallest absolute Gasteiger partial charge is 1.00 e. The van der Waals surface area contributed by atoms with Gasteiger partial charge in [0.25, 0.3) is 0 Å². The van der Waals surface area contributed by atoms with E-state index in [0.717, 1.165) is 0 Å². The molecule has 0 amide bonds. The summed E-state index contributed by atoms with van der Waals surface area (Å²) in [6.07, 6.45) is 0. The first-order valence-corrected chi connectivity index (χ1v) is 5.30. The molecular weight excluding hydrogens is 231 g/mol. The molecule has 6 heteroatoms. The van der Waals surface area contributed by atoms with E-state index in [1.807, 2.05) is 0 Å². The van der Waals surface area contributed by atoms with Crippen molar-refractivity contribution in [1.82, 2.24) is 0 Å². The second kappa shape index (κ2) is 6.94. The van der Waals surface area contributed by atoms with Gasteiger partial charge in [-0.15, -0.1) is 0 Å². The molecule has 0 aliphatic carbocycles. The summed E-state index contributed by atoms with van der Waals surface area (Å²) in [5, 5.41) is 8.42. The standard InChI is InChI=1S/C8H10O4S.K.H/c9-6-7-13(10,11)12-8-4-2-1-3-5-8;;/h1-5,9H,6-7H2;;/q;+1;-1. The SMILES string of the molecule is O=S(=O)(CCO)Oc1ccccc1.[H-].[K+]. The molecule has 0 bridgehead atoms. The predicted molar refractivity (Wildman–Crippen MR) is 49.1 cm³/mol. The van der Waals surface area contributed by atoms with Crippen molar-refractivity contribution in [3.05, 3.63) is 30.3 Å². The Balaban J connectivity index is 0. The van der Waals surface area contributed by atoms with Gasteiger partial charge in [0.1, 0.15) is 11.5 Å². The third-order valence-electron chi connectivity index (χ3n) is 1.31. The first-order chi connectivity index (χ1) is 6.14. The van der Waals surface area contributed by atoms with Crippen molar-refractivity contribution in [2.45, 2.75) is 0 Å². The fraction of sp³-hybridized carbons (Fsp3) is 0.250. The summed E-state index contributed by atoms with van der Waals surface area (Å²) in [5.74, 6) is -0.127. The minimum Gasteiger partial charge on any atom is -1.00 e. The molecule has 0 atom stereocenters. The predicted octanol–water partition coefficient (Wildman–Crippen LogP) is -2.50. The maximum Gasteiger partial charge on any atom is 1.00 e. The van der Waals surface area contributed by atoms with Gasteiger partial charge in [-0.25, -0.2) is 0 Å². The molecule has 1 rings (SSSR count). The van der Waals surface area contributed by atoms with E-state index >= 15 is 0 Å². The molecule has 0 saturated carbocycles. The van der Waals surface area contributed by atoms with Crippen molar-refractivity contribution in [2.24, 2.45) is 0 Å². The number of rotatable bonds is 4. The molecule has 0 aliphatic heterocycles. The third-order valence-corrected chi connectivity index (χ3v) is 2.44.